The van der Waals surface area contributed by atoms with E-state index in [9.17, 15) is 14.4 Å². The van der Waals surface area contributed by atoms with Crippen molar-refractivity contribution in [2.24, 2.45) is 5.73 Å². The fourth-order valence-corrected chi connectivity index (χ4v) is 5.00. The number of nitrogens with two attached hydrogens (primary N) is 1. The summed E-state index contributed by atoms with van der Waals surface area (Å²) in [5.74, 6) is -0.273. The third kappa shape index (κ3) is 5.10. The molecule has 1 aliphatic heterocycles. The molecule has 0 spiro atoms. The molecule has 3 amide bonds. The number of imide groups is 1. The maximum absolute atomic E-state index is 12.5. The summed E-state index contributed by atoms with van der Waals surface area (Å²) in [5.41, 5.74) is 6.81. The zero-order valence-corrected chi connectivity index (χ0v) is 20.6. The van der Waals surface area contributed by atoms with Gasteiger partial charge >= 0.3 is 0 Å². The van der Waals surface area contributed by atoms with Gasteiger partial charge in [-0.25, -0.2) is 0 Å². The van der Waals surface area contributed by atoms with Crippen molar-refractivity contribution in [3.8, 4) is 11.5 Å². The van der Waals surface area contributed by atoms with Gasteiger partial charge in [0, 0.05) is 0 Å². The Morgan fingerprint density at radius 2 is 1.88 bits per heavy atom. The number of benzene rings is 3. The molecule has 7 nitrogen and oxygen atoms in total. The number of ether oxygens (including phenoxy) is 2. The lowest BCUT2D eigenvalue weighted by atomic mass is 10.1. The van der Waals surface area contributed by atoms with Crippen LogP contribution in [0.1, 0.15) is 18.1 Å². The van der Waals surface area contributed by atoms with Crippen LogP contribution in [0.4, 0.5) is 4.79 Å². The highest BCUT2D eigenvalue weighted by atomic mass is 79.9. The Balaban J connectivity index is 1.61. The van der Waals surface area contributed by atoms with Gasteiger partial charge in [0.25, 0.3) is 11.1 Å². The summed E-state index contributed by atoms with van der Waals surface area (Å²) >= 11 is 4.31. The first-order valence-electron chi connectivity index (χ1n) is 10.5. The first kappa shape index (κ1) is 23.8. The number of hydrogen-bond donors (Lipinski definition) is 1. The van der Waals surface area contributed by atoms with Crippen molar-refractivity contribution in [3.63, 3.8) is 0 Å². The van der Waals surface area contributed by atoms with E-state index in [4.69, 9.17) is 15.2 Å². The number of primary amides is 1. The van der Waals surface area contributed by atoms with Gasteiger partial charge in [-0.3, -0.25) is 19.3 Å². The van der Waals surface area contributed by atoms with Gasteiger partial charge in [-0.05, 0) is 74.7 Å². The first-order valence-corrected chi connectivity index (χ1v) is 12.1. The van der Waals surface area contributed by atoms with Crippen molar-refractivity contribution < 1.29 is 23.9 Å². The molecule has 34 heavy (non-hydrogen) atoms. The Kier molecular flexibility index (Phi) is 7.23. The average molecular weight is 541 g/mol. The van der Waals surface area contributed by atoms with Gasteiger partial charge in [0.05, 0.1) is 16.0 Å². The molecule has 1 saturated heterocycles. The second kappa shape index (κ2) is 10.3. The van der Waals surface area contributed by atoms with E-state index in [0.717, 1.165) is 33.0 Å². The number of hydrogen-bond acceptors (Lipinski definition) is 6. The van der Waals surface area contributed by atoms with Crippen molar-refractivity contribution in [1.82, 2.24) is 4.90 Å². The molecule has 1 heterocycles. The summed E-state index contributed by atoms with van der Waals surface area (Å²) < 4.78 is 12.6. The summed E-state index contributed by atoms with van der Waals surface area (Å²) in [6.07, 6.45) is 1.58. The standard InChI is InChI=1S/C25H21BrN2O5S/c1-2-32-20-11-15(12-21-24(30)28(13-22(27)29)25(31)34-21)10-19(26)23(20)33-14-17-8-5-7-16-6-3-4-9-18(16)17/h3-12H,2,13-14H2,1H3,(H2,27,29)/b21-12-. The molecule has 174 valence electrons. The van der Waals surface area contributed by atoms with Crippen LogP contribution in [0.2, 0.25) is 0 Å². The summed E-state index contributed by atoms with van der Waals surface area (Å²) in [6.45, 7) is 2.17. The van der Waals surface area contributed by atoms with Crippen molar-refractivity contribution in [3.05, 3.63) is 75.1 Å². The first-order chi connectivity index (χ1) is 16.4. The molecule has 0 radical (unpaired) electrons. The third-order valence-electron chi connectivity index (χ3n) is 5.07. The highest BCUT2D eigenvalue weighted by Crippen LogP contribution is 2.40. The number of fused-ring (bicyclic) bond motifs is 1. The topological polar surface area (TPSA) is 98.9 Å². The van der Waals surface area contributed by atoms with Gasteiger partial charge < -0.3 is 15.2 Å². The second-order valence-electron chi connectivity index (χ2n) is 7.42. The van der Waals surface area contributed by atoms with Crippen LogP contribution in [0.5, 0.6) is 11.5 Å². The molecule has 3 aromatic rings. The molecule has 0 aliphatic carbocycles. The summed E-state index contributed by atoms with van der Waals surface area (Å²) in [5, 5.41) is 1.71. The van der Waals surface area contributed by atoms with Crippen LogP contribution in [0.25, 0.3) is 16.8 Å². The Morgan fingerprint density at radius 1 is 1.12 bits per heavy atom. The van der Waals surface area contributed by atoms with E-state index in [0.29, 0.717) is 34.7 Å². The minimum absolute atomic E-state index is 0.199. The van der Waals surface area contributed by atoms with Gasteiger partial charge in [-0.15, -0.1) is 0 Å². The van der Waals surface area contributed by atoms with Gasteiger partial charge in [-0.2, -0.15) is 0 Å². The van der Waals surface area contributed by atoms with Crippen LogP contribution in [0, 0.1) is 0 Å². The lowest BCUT2D eigenvalue weighted by molar-refractivity contribution is -0.127. The van der Waals surface area contributed by atoms with Crippen LogP contribution in [0.3, 0.4) is 0 Å². The van der Waals surface area contributed by atoms with Crippen molar-refractivity contribution >= 4 is 61.6 Å². The van der Waals surface area contributed by atoms with Gasteiger partial charge in [0.1, 0.15) is 13.2 Å². The van der Waals surface area contributed by atoms with E-state index in [1.165, 1.54) is 0 Å². The molecule has 0 saturated carbocycles. The summed E-state index contributed by atoms with van der Waals surface area (Å²) in [4.78, 5) is 36.8. The predicted octanol–water partition coefficient (Wildman–Crippen LogP) is 5.10. The summed E-state index contributed by atoms with van der Waals surface area (Å²) in [6, 6.07) is 17.7. The number of carbonyl (C=O) groups is 3. The number of nitrogens with zero attached hydrogens (tertiary/aromatic N) is 1. The molecule has 2 N–H and O–H groups in total. The monoisotopic (exact) mass is 540 g/mol. The Hall–Kier alpha value is -3.30. The lowest BCUT2D eigenvalue weighted by Gasteiger charge is -2.16. The summed E-state index contributed by atoms with van der Waals surface area (Å²) in [7, 11) is 0. The van der Waals surface area contributed by atoms with Gasteiger partial charge in [-0.1, -0.05) is 42.5 Å². The molecule has 1 aliphatic rings. The molecule has 0 atom stereocenters. The zero-order chi connectivity index (χ0) is 24.2. The van der Waals surface area contributed by atoms with Crippen LogP contribution in [-0.2, 0) is 16.2 Å². The van der Waals surface area contributed by atoms with Gasteiger partial charge in [0.15, 0.2) is 11.5 Å². The number of halogens is 1. The molecule has 0 aromatic heterocycles. The Labute approximate surface area is 209 Å². The van der Waals surface area contributed by atoms with E-state index in [-0.39, 0.29) is 4.91 Å². The van der Waals surface area contributed by atoms with E-state index in [2.05, 4.69) is 34.1 Å². The normalized spacial score (nSPS) is 14.8. The van der Waals surface area contributed by atoms with E-state index in [1.807, 2.05) is 31.2 Å². The number of rotatable bonds is 8. The zero-order valence-electron chi connectivity index (χ0n) is 18.2. The van der Waals surface area contributed by atoms with Crippen LogP contribution < -0.4 is 15.2 Å². The molecule has 0 unspecified atom stereocenters. The maximum Gasteiger partial charge on any atom is 0.294 e. The average Bonchev–Trinajstić information content (AvgIpc) is 3.05. The molecular formula is C25H21BrN2O5S. The minimum atomic E-state index is -0.752. The SMILES string of the molecule is CCOc1cc(/C=C2\SC(=O)N(CC(N)=O)C2=O)cc(Br)c1OCc1cccc2ccccc12. The fourth-order valence-electron chi connectivity index (χ4n) is 3.59. The minimum Gasteiger partial charge on any atom is -0.490 e. The predicted molar refractivity (Wildman–Crippen MR) is 135 cm³/mol. The molecule has 0 bridgehead atoms. The van der Waals surface area contributed by atoms with E-state index >= 15 is 0 Å². The highest BCUT2D eigenvalue weighted by molar-refractivity contribution is 9.10. The number of carbonyl (C=O) groups excluding carboxylic acids is 3. The molecular weight excluding hydrogens is 520 g/mol. The number of amides is 3. The molecule has 3 aromatic carbocycles. The van der Waals surface area contributed by atoms with E-state index in [1.54, 1.807) is 18.2 Å². The van der Waals surface area contributed by atoms with Crippen molar-refractivity contribution in [2.75, 3.05) is 13.2 Å². The van der Waals surface area contributed by atoms with Crippen LogP contribution in [-0.4, -0.2) is 35.1 Å². The Bertz CT molecular complexity index is 1320. The van der Waals surface area contributed by atoms with Crippen LogP contribution in [0.15, 0.2) is 64.0 Å². The lowest BCUT2D eigenvalue weighted by Crippen LogP contribution is -2.36. The van der Waals surface area contributed by atoms with Gasteiger partial charge in [0.2, 0.25) is 5.91 Å². The highest BCUT2D eigenvalue weighted by Gasteiger charge is 2.35. The Morgan fingerprint density at radius 3 is 2.65 bits per heavy atom. The van der Waals surface area contributed by atoms with E-state index < -0.39 is 23.6 Å². The van der Waals surface area contributed by atoms with Crippen molar-refractivity contribution in [1.29, 1.82) is 0 Å². The molecule has 4 rings (SSSR count). The largest absolute Gasteiger partial charge is 0.490 e. The fraction of sp³-hybridized carbons (Fsp3) is 0.160. The van der Waals surface area contributed by atoms with Crippen LogP contribution >= 0.6 is 27.7 Å². The van der Waals surface area contributed by atoms with Crippen molar-refractivity contribution in [2.45, 2.75) is 13.5 Å². The second-order valence-corrected chi connectivity index (χ2v) is 9.27. The molecule has 1 fully saturated rings. The molecule has 9 heteroatoms. The maximum atomic E-state index is 12.5. The quantitative estimate of drug-likeness (QED) is 0.399. The smallest absolute Gasteiger partial charge is 0.294 e. The third-order valence-corrected chi connectivity index (χ3v) is 6.57. The number of thioether (sulfide) groups is 1.